The lowest BCUT2D eigenvalue weighted by Gasteiger charge is -2.08. The molecule has 0 unspecified atom stereocenters. The molecule has 0 aliphatic rings. The number of hydrogen-bond donors (Lipinski definition) is 0. The number of aromatic nitrogens is 2. The summed E-state index contributed by atoms with van der Waals surface area (Å²) in [5, 5.41) is 4.22. The molecule has 26 heavy (non-hydrogen) atoms. The van der Waals surface area contributed by atoms with Gasteiger partial charge in [0.25, 0.3) is 0 Å². The molecule has 3 rings (SSSR count). The molecule has 0 saturated heterocycles. The van der Waals surface area contributed by atoms with Crippen molar-refractivity contribution in [1.82, 2.24) is 9.78 Å². The van der Waals surface area contributed by atoms with Gasteiger partial charge in [-0.2, -0.15) is 5.10 Å². The molecule has 1 aromatic heterocycles. The summed E-state index contributed by atoms with van der Waals surface area (Å²) in [6.07, 6.45) is 1.72. The standard InChI is InChI=1S/C21H20N2O3/c1-14-4-5-18(12-15(14)2)20(24)13-26-21(25)17-6-8-19(9-7-17)23-16(3)10-11-22-23/h4-12H,13H2,1-3H3. The SMILES string of the molecule is Cc1ccc(C(=O)COC(=O)c2ccc(-n3nccc3C)cc2)cc1C. The van der Waals surface area contributed by atoms with Gasteiger partial charge in [0, 0.05) is 17.5 Å². The molecule has 0 aliphatic carbocycles. The largest absolute Gasteiger partial charge is 0.454 e. The lowest BCUT2D eigenvalue weighted by atomic mass is 10.0. The summed E-state index contributed by atoms with van der Waals surface area (Å²) < 4.78 is 6.93. The topological polar surface area (TPSA) is 61.2 Å². The molecule has 0 aliphatic heterocycles. The number of aryl methyl sites for hydroxylation is 3. The molecule has 5 heteroatoms. The number of benzene rings is 2. The van der Waals surface area contributed by atoms with Crippen LogP contribution in [0.2, 0.25) is 0 Å². The van der Waals surface area contributed by atoms with Crippen molar-refractivity contribution in [1.29, 1.82) is 0 Å². The lowest BCUT2D eigenvalue weighted by Crippen LogP contribution is -2.14. The van der Waals surface area contributed by atoms with Crippen molar-refractivity contribution >= 4 is 11.8 Å². The number of ether oxygens (including phenoxy) is 1. The first-order chi connectivity index (χ1) is 12.5. The van der Waals surface area contributed by atoms with Crippen molar-refractivity contribution in [3.8, 4) is 5.69 Å². The van der Waals surface area contributed by atoms with E-state index in [0.717, 1.165) is 22.5 Å². The zero-order valence-corrected chi connectivity index (χ0v) is 15.0. The van der Waals surface area contributed by atoms with Crippen molar-refractivity contribution in [2.75, 3.05) is 6.61 Å². The first kappa shape index (κ1) is 17.6. The zero-order chi connectivity index (χ0) is 18.7. The third-order valence-corrected chi connectivity index (χ3v) is 4.34. The lowest BCUT2D eigenvalue weighted by molar-refractivity contribution is 0.0475. The zero-order valence-electron chi connectivity index (χ0n) is 15.0. The highest BCUT2D eigenvalue weighted by Crippen LogP contribution is 2.13. The van der Waals surface area contributed by atoms with Crippen molar-refractivity contribution in [2.45, 2.75) is 20.8 Å². The van der Waals surface area contributed by atoms with Gasteiger partial charge in [-0.1, -0.05) is 12.1 Å². The van der Waals surface area contributed by atoms with Gasteiger partial charge in [0.15, 0.2) is 12.4 Å². The Labute approximate surface area is 152 Å². The van der Waals surface area contributed by atoms with E-state index in [0.29, 0.717) is 11.1 Å². The molecule has 1 heterocycles. The molecule has 132 valence electrons. The van der Waals surface area contributed by atoms with Crippen molar-refractivity contribution in [3.63, 3.8) is 0 Å². The van der Waals surface area contributed by atoms with E-state index in [-0.39, 0.29) is 12.4 Å². The first-order valence-corrected chi connectivity index (χ1v) is 8.34. The number of rotatable bonds is 5. The summed E-state index contributed by atoms with van der Waals surface area (Å²) in [5.74, 6) is -0.740. The molecule has 0 bridgehead atoms. The van der Waals surface area contributed by atoms with E-state index in [1.165, 1.54) is 0 Å². The number of carbonyl (C=O) groups is 2. The van der Waals surface area contributed by atoms with Crippen LogP contribution in [-0.2, 0) is 4.74 Å². The summed E-state index contributed by atoms with van der Waals surface area (Å²) in [6, 6.07) is 14.3. The van der Waals surface area contributed by atoms with E-state index < -0.39 is 5.97 Å². The molecule has 0 fully saturated rings. The average molecular weight is 348 g/mol. The van der Waals surface area contributed by atoms with Gasteiger partial charge >= 0.3 is 5.97 Å². The van der Waals surface area contributed by atoms with Crippen LogP contribution in [0.25, 0.3) is 5.69 Å². The quantitative estimate of drug-likeness (QED) is 0.519. The normalized spacial score (nSPS) is 10.6. The fourth-order valence-corrected chi connectivity index (χ4v) is 2.59. The number of Topliss-reactive ketones (excluding diaryl/α,β-unsaturated/α-hetero) is 1. The molecular formula is C21H20N2O3. The van der Waals surface area contributed by atoms with E-state index in [4.69, 9.17) is 4.74 Å². The van der Waals surface area contributed by atoms with Crippen molar-refractivity contribution in [3.05, 3.63) is 82.7 Å². The summed E-state index contributed by atoms with van der Waals surface area (Å²) in [4.78, 5) is 24.4. The van der Waals surface area contributed by atoms with Gasteiger partial charge in [0.2, 0.25) is 0 Å². The van der Waals surface area contributed by atoms with Gasteiger partial charge < -0.3 is 4.74 Å². The van der Waals surface area contributed by atoms with E-state index in [1.54, 1.807) is 41.2 Å². The molecule has 0 saturated carbocycles. The summed E-state index contributed by atoms with van der Waals surface area (Å²) in [6.45, 7) is 5.61. The van der Waals surface area contributed by atoms with E-state index >= 15 is 0 Å². The molecule has 5 nitrogen and oxygen atoms in total. The van der Waals surface area contributed by atoms with Crippen LogP contribution in [0.15, 0.2) is 54.7 Å². The number of carbonyl (C=O) groups excluding carboxylic acids is 2. The van der Waals surface area contributed by atoms with Crippen LogP contribution in [0.4, 0.5) is 0 Å². The molecule has 0 radical (unpaired) electrons. The minimum absolute atomic E-state index is 0.217. The monoisotopic (exact) mass is 348 g/mol. The molecule has 0 spiro atoms. The predicted octanol–water partition coefficient (Wildman–Crippen LogP) is 3.84. The Morgan fingerprint density at radius 1 is 0.923 bits per heavy atom. The molecule has 2 aromatic carbocycles. The number of hydrogen-bond acceptors (Lipinski definition) is 4. The number of nitrogens with zero attached hydrogens (tertiary/aromatic N) is 2. The summed E-state index contributed by atoms with van der Waals surface area (Å²) >= 11 is 0. The fourth-order valence-electron chi connectivity index (χ4n) is 2.59. The fraction of sp³-hybridized carbons (Fsp3) is 0.190. The minimum Gasteiger partial charge on any atom is -0.454 e. The van der Waals surface area contributed by atoms with Crippen molar-refractivity contribution in [2.24, 2.45) is 0 Å². The number of ketones is 1. The van der Waals surface area contributed by atoms with Crippen LogP contribution in [0.3, 0.4) is 0 Å². The number of esters is 1. The maximum atomic E-state index is 12.2. The maximum absolute atomic E-state index is 12.2. The predicted molar refractivity (Wildman–Crippen MR) is 98.8 cm³/mol. The van der Waals surface area contributed by atoms with Crippen molar-refractivity contribution < 1.29 is 14.3 Å². The Hall–Kier alpha value is -3.21. The highest BCUT2D eigenvalue weighted by molar-refractivity contribution is 5.99. The van der Waals surface area contributed by atoms with Crippen LogP contribution < -0.4 is 0 Å². The highest BCUT2D eigenvalue weighted by atomic mass is 16.5. The van der Waals surface area contributed by atoms with Crippen LogP contribution >= 0.6 is 0 Å². The summed E-state index contributed by atoms with van der Waals surface area (Å²) in [7, 11) is 0. The van der Waals surface area contributed by atoms with Crippen LogP contribution in [0, 0.1) is 20.8 Å². The van der Waals surface area contributed by atoms with Gasteiger partial charge in [0.05, 0.1) is 11.3 Å². The van der Waals surface area contributed by atoms with E-state index in [2.05, 4.69) is 5.10 Å². The van der Waals surface area contributed by atoms with Crippen LogP contribution in [0.5, 0.6) is 0 Å². The van der Waals surface area contributed by atoms with E-state index in [1.807, 2.05) is 39.0 Å². The van der Waals surface area contributed by atoms with Gasteiger partial charge in [-0.05, 0) is 68.3 Å². The third-order valence-electron chi connectivity index (χ3n) is 4.34. The van der Waals surface area contributed by atoms with Gasteiger partial charge in [-0.15, -0.1) is 0 Å². The average Bonchev–Trinajstić information content (AvgIpc) is 3.07. The van der Waals surface area contributed by atoms with Crippen LogP contribution in [-0.4, -0.2) is 28.1 Å². The Kier molecular flexibility index (Phi) is 4.98. The Bertz CT molecular complexity index is 956. The van der Waals surface area contributed by atoms with Crippen LogP contribution in [0.1, 0.15) is 37.5 Å². The molecular weight excluding hydrogens is 328 g/mol. The maximum Gasteiger partial charge on any atom is 0.338 e. The summed E-state index contributed by atoms with van der Waals surface area (Å²) in [5.41, 5.74) is 4.95. The Morgan fingerprint density at radius 2 is 1.62 bits per heavy atom. The van der Waals surface area contributed by atoms with E-state index in [9.17, 15) is 9.59 Å². The molecule has 3 aromatic rings. The van der Waals surface area contributed by atoms with Gasteiger partial charge in [-0.3, -0.25) is 4.79 Å². The first-order valence-electron chi connectivity index (χ1n) is 8.34. The Balaban J connectivity index is 1.63. The second kappa shape index (κ2) is 7.35. The molecule has 0 amide bonds. The molecule has 0 N–H and O–H groups in total. The Morgan fingerprint density at radius 3 is 2.23 bits per heavy atom. The third kappa shape index (κ3) is 3.72. The minimum atomic E-state index is -0.522. The second-order valence-corrected chi connectivity index (χ2v) is 6.23. The molecule has 0 atom stereocenters. The highest BCUT2D eigenvalue weighted by Gasteiger charge is 2.13. The van der Waals surface area contributed by atoms with Gasteiger partial charge in [0.1, 0.15) is 0 Å². The van der Waals surface area contributed by atoms with Gasteiger partial charge in [-0.25, -0.2) is 9.48 Å². The second-order valence-electron chi connectivity index (χ2n) is 6.23. The smallest absolute Gasteiger partial charge is 0.338 e.